The van der Waals surface area contributed by atoms with Crippen LogP contribution in [-0.4, -0.2) is 66.8 Å². The van der Waals surface area contributed by atoms with Crippen LogP contribution in [0.2, 0.25) is 0 Å². The van der Waals surface area contributed by atoms with E-state index in [1.807, 2.05) is 23.6 Å². The molecule has 35 heavy (non-hydrogen) atoms. The van der Waals surface area contributed by atoms with Gasteiger partial charge in [0.15, 0.2) is 0 Å². The Morgan fingerprint density at radius 1 is 1.11 bits per heavy atom. The highest BCUT2D eigenvalue weighted by atomic mass is 32.2. The van der Waals surface area contributed by atoms with E-state index in [4.69, 9.17) is 4.98 Å². The number of aryl methyl sites for hydroxylation is 2. The number of halogens is 1. The van der Waals surface area contributed by atoms with E-state index in [1.54, 1.807) is 25.5 Å². The lowest BCUT2D eigenvalue weighted by molar-refractivity contribution is 0.296. The molecule has 4 aromatic rings. The number of fused-ring (bicyclic) bond motifs is 1. The molecule has 1 aliphatic heterocycles. The van der Waals surface area contributed by atoms with Crippen molar-refractivity contribution in [3.63, 3.8) is 0 Å². The maximum absolute atomic E-state index is 14.4. The van der Waals surface area contributed by atoms with E-state index in [-0.39, 0.29) is 5.82 Å². The minimum Gasteiger partial charge on any atom is -0.386 e. The van der Waals surface area contributed by atoms with E-state index >= 15 is 0 Å². The third kappa shape index (κ3) is 5.11. The predicted octanol–water partition coefficient (Wildman–Crippen LogP) is 3.97. The monoisotopic (exact) mass is 492 g/mol. The van der Waals surface area contributed by atoms with Gasteiger partial charge >= 0.3 is 0 Å². The lowest BCUT2D eigenvalue weighted by Gasteiger charge is -2.25. The van der Waals surface area contributed by atoms with Crippen molar-refractivity contribution in [1.29, 1.82) is 0 Å². The van der Waals surface area contributed by atoms with Crippen LogP contribution in [0.3, 0.4) is 0 Å². The number of nitrogens with one attached hydrogen (secondary N) is 1. The lowest BCUT2D eigenvalue weighted by atomic mass is 10.1. The zero-order chi connectivity index (χ0) is 24.4. The molecule has 1 fully saturated rings. The van der Waals surface area contributed by atoms with Crippen LogP contribution in [0.4, 0.5) is 10.1 Å². The second kappa shape index (κ2) is 10.2. The largest absolute Gasteiger partial charge is 0.386 e. The summed E-state index contributed by atoms with van der Waals surface area (Å²) in [7, 11) is 1.05. The molecule has 1 N–H and O–H groups in total. The van der Waals surface area contributed by atoms with Crippen LogP contribution in [0.1, 0.15) is 17.8 Å². The second-order valence-corrected chi connectivity index (χ2v) is 10.5. The van der Waals surface area contributed by atoms with Crippen LogP contribution in [0.25, 0.3) is 28.0 Å². The fraction of sp³-hybridized carbons (Fsp3) is 0.346. The van der Waals surface area contributed by atoms with Crippen molar-refractivity contribution in [3.8, 4) is 16.9 Å². The molecule has 0 saturated carbocycles. The molecular weight excluding hydrogens is 463 g/mol. The number of hydrogen-bond acceptors (Lipinski definition) is 6. The minimum absolute atomic E-state index is 0.309. The minimum atomic E-state index is -0.654. The zero-order valence-corrected chi connectivity index (χ0v) is 20.8. The molecule has 0 amide bonds. The molecular formula is C26H29FN6OS. The van der Waals surface area contributed by atoms with Crippen LogP contribution in [-0.2, 0) is 17.2 Å². The molecule has 0 unspecified atom stereocenters. The molecule has 0 bridgehead atoms. The summed E-state index contributed by atoms with van der Waals surface area (Å²) in [5.74, 6) is 1.95. The highest BCUT2D eigenvalue weighted by molar-refractivity contribution is 7.85. The number of rotatable bonds is 7. The first kappa shape index (κ1) is 23.6. The van der Waals surface area contributed by atoms with Gasteiger partial charge in [0.25, 0.3) is 0 Å². The van der Waals surface area contributed by atoms with Gasteiger partial charge in [0.05, 0.1) is 29.5 Å². The van der Waals surface area contributed by atoms with Gasteiger partial charge in [-0.25, -0.2) is 19.3 Å². The predicted molar refractivity (Wildman–Crippen MR) is 139 cm³/mol. The Labute approximate surface area is 206 Å². The van der Waals surface area contributed by atoms with Crippen molar-refractivity contribution in [2.75, 3.05) is 43.5 Å². The Kier molecular flexibility index (Phi) is 6.88. The standard InChI is InChI=1S/C26H29FN6OS/c1-18-29-15-21(16-30-18)33-17-20(4-3-9-32-10-12-35(34)13-11-32)22-6-8-24(31-26(22)33)19-5-7-25(28-2)23(27)14-19/h5-8,14-17,28H,3-4,9-13H2,1-2H3. The van der Waals surface area contributed by atoms with Crippen LogP contribution in [0, 0.1) is 12.7 Å². The van der Waals surface area contributed by atoms with Gasteiger partial charge < -0.3 is 10.2 Å². The maximum Gasteiger partial charge on any atom is 0.146 e. The van der Waals surface area contributed by atoms with Crippen molar-refractivity contribution >= 4 is 27.5 Å². The van der Waals surface area contributed by atoms with Gasteiger partial charge in [0.1, 0.15) is 17.3 Å². The summed E-state index contributed by atoms with van der Waals surface area (Å²) >= 11 is 0. The van der Waals surface area contributed by atoms with Gasteiger partial charge in [-0.05, 0) is 56.1 Å². The van der Waals surface area contributed by atoms with Crippen molar-refractivity contribution in [1.82, 2.24) is 24.4 Å². The van der Waals surface area contributed by atoms with E-state index in [2.05, 4.69) is 32.4 Å². The molecule has 0 radical (unpaired) electrons. The summed E-state index contributed by atoms with van der Waals surface area (Å²) in [6.45, 7) is 4.66. The van der Waals surface area contributed by atoms with Crippen molar-refractivity contribution in [2.45, 2.75) is 19.8 Å². The van der Waals surface area contributed by atoms with Gasteiger partial charge in [-0.1, -0.05) is 6.07 Å². The van der Waals surface area contributed by atoms with Crippen LogP contribution in [0.15, 0.2) is 48.9 Å². The van der Waals surface area contributed by atoms with Crippen molar-refractivity contribution in [3.05, 3.63) is 66.1 Å². The molecule has 1 aliphatic rings. The quantitative estimate of drug-likeness (QED) is 0.421. The molecule has 182 valence electrons. The number of pyridine rings is 1. The van der Waals surface area contributed by atoms with E-state index in [9.17, 15) is 8.60 Å². The first-order valence-corrected chi connectivity index (χ1v) is 13.4. The normalized spacial score (nSPS) is 15.1. The van der Waals surface area contributed by atoms with Gasteiger partial charge in [-0.15, -0.1) is 0 Å². The average molecular weight is 493 g/mol. The van der Waals surface area contributed by atoms with Crippen molar-refractivity contribution in [2.24, 2.45) is 0 Å². The van der Waals surface area contributed by atoms with Gasteiger partial charge in [0, 0.05) is 59.6 Å². The Bertz CT molecular complexity index is 1360. The highest BCUT2D eigenvalue weighted by Crippen LogP contribution is 2.29. The summed E-state index contributed by atoms with van der Waals surface area (Å²) in [5, 5.41) is 3.93. The van der Waals surface area contributed by atoms with Gasteiger partial charge in [-0.2, -0.15) is 0 Å². The fourth-order valence-electron chi connectivity index (χ4n) is 4.51. The number of benzene rings is 1. The first-order valence-electron chi connectivity index (χ1n) is 11.9. The smallest absolute Gasteiger partial charge is 0.146 e. The molecule has 7 nitrogen and oxygen atoms in total. The molecule has 3 aromatic heterocycles. The topological polar surface area (TPSA) is 75.9 Å². The zero-order valence-electron chi connectivity index (χ0n) is 20.0. The van der Waals surface area contributed by atoms with Gasteiger partial charge in [-0.3, -0.25) is 8.78 Å². The SMILES string of the molecule is CNc1ccc(-c2ccc3c(CCCN4CCS(=O)CC4)cn(-c4cnc(C)nc4)c3n2)cc1F. The summed E-state index contributed by atoms with van der Waals surface area (Å²) in [6.07, 6.45) is 7.63. The summed E-state index contributed by atoms with van der Waals surface area (Å²) in [6, 6.07) is 9.14. The molecule has 1 aromatic carbocycles. The summed E-state index contributed by atoms with van der Waals surface area (Å²) in [5.41, 5.74) is 4.73. The van der Waals surface area contributed by atoms with E-state index in [0.29, 0.717) is 17.2 Å². The van der Waals surface area contributed by atoms with Crippen LogP contribution < -0.4 is 5.32 Å². The summed E-state index contributed by atoms with van der Waals surface area (Å²) in [4.78, 5) is 16.1. The molecule has 0 spiro atoms. The third-order valence-electron chi connectivity index (χ3n) is 6.50. The Morgan fingerprint density at radius 3 is 2.60 bits per heavy atom. The Hall–Kier alpha value is -3.17. The number of hydrogen-bond donors (Lipinski definition) is 1. The van der Waals surface area contributed by atoms with Gasteiger partial charge in [0.2, 0.25) is 0 Å². The third-order valence-corrected chi connectivity index (χ3v) is 7.78. The maximum atomic E-state index is 14.4. The Morgan fingerprint density at radius 2 is 1.89 bits per heavy atom. The first-order chi connectivity index (χ1) is 17.0. The number of anilines is 1. The van der Waals surface area contributed by atoms with Crippen LogP contribution >= 0.6 is 0 Å². The average Bonchev–Trinajstić information content (AvgIpc) is 3.23. The Balaban J connectivity index is 1.47. The van der Waals surface area contributed by atoms with E-state index < -0.39 is 10.8 Å². The molecule has 9 heteroatoms. The number of aromatic nitrogens is 4. The molecule has 0 aliphatic carbocycles. The fourth-order valence-corrected chi connectivity index (χ4v) is 5.63. The van der Waals surface area contributed by atoms with E-state index in [1.165, 1.54) is 11.6 Å². The lowest BCUT2D eigenvalue weighted by Crippen LogP contribution is -2.38. The summed E-state index contributed by atoms with van der Waals surface area (Å²) < 4.78 is 28.1. The molecule has 4 heterocycles. The molecule has 0 atom stereocenters. The van der Waals surface area contributed by atoms with E-state index in [0.717, 1.165) is 66.3 Å². The van der Waals surface area contributed by atoms with Crippen LogP contribution in [0.5, 0.6) is 0 Å². The molecule has 1 saturated heterocycles. The number of nitrogens with zero attached hydrogens (tertiary/aromatic N) is 5. The van der Waals surface area contributed by atoms with Crippen molar-refractivity contribution < 1.29 is 8.60 Å². The second-order valence-electron chi connectivity index (χ2n) is 8.82. The highest BCUT2D eigenvalue weighted by Gasteiger charge is 2.17. The molecule has 5 rings (SSSR count).